The second-order valence-electron chi connectivity index (χ2n) is 4.49. The van der Waals surface area contributed by atoms with Crippen molar-refractivity contribution in [2.45, 2.75) is 0 Å². The smallest absolute Gasteiger partial charge is 0.377 e. The van der Waals surface area contributed by atoms with E-state index in [0.717, 1.165) is 17.9 Å². The lowest BCUT2D eigenvalue weighted by Gasteiger charge is -2.07. The van der Waals surface area contributed by atoms with E-state index in [1.165, 1.54) is 0 Å². The molecule has 0 saturated heterocycles. The first-order valence-corrected chi connectivity index (χ1v) is 9.36. The Bertz CT molecular complexity index is 828. The van der Waals surface area contributed by atoms with Gasteiger partial charge in [0.05, 0.1) is 0 Å². The van der Waals surface area contributed by atoms with Crippen LogP contribution in [0.5, 0.6) is 0 Å². The van der Waals surface area contributed by atoms with Gasteiger partial charge < -0.3 is 5.11 Å². The van der Waals surface area contributed by atoms with Crippen LogP contribution in [-0.2, 0) is 9.59 Å². The molecule has 1 N–H and O–H groups in total. The van der Waals surface area contributed by atoms with Crippen LogP contribution >= 0.6 is 63.7 Å². The highest BCUT2D eigenvalue weighted by Crippen LogP contribution is 2.30. The van der Waals surface area contributed by atoms with Crippen LogP contribution in [0.1, 0.15) is 11.1 Å². The van der Waals surface area contributed by atoms with Gasteiger partial charge in [0.2, 0.25) is 0 Å². The van der Waals surface area contributed by atoms with Gasteiger partial charge in [-0.05, 0) is 105 Å². The van der Waals surface area contributed by atoms with Crippen molar-refractivity contribution in [2.75, 3.05) is 0 Å². The van der Waals surface area contributed by atoms with Crippen molar-refractivity contribution in [2.24, 2.45) is 0 Å². The van der Waals surface area contributed by atoms with Gasteiger partial charge in [-0.1, -0.05) is 12.1 Å². The monoisotopic (exact) mass is 564 g/mol. The second-order valence-corrected chi connectivity index (χ2v) is 7.91. The minimum absolute atomic E-state index is 0.111. The van der Waals surface area contributed by atoms with Gasteiger partial charge in [-0.3, -0.25) is 4.79 Å². The third-order valence-corrected chi connectivity index (χ3v) is 6.68. The number of hydrogen-bond acceptors (Lipinski definition) is 2. The van der Waals surface area contributed by atoms with Crippen molar-refractivity contribution in [1.82, 2.24) is 0 Å². The lowest BCUT2D eigenvalue weighted by molar-refractivity contribution is -0.146. The Morgan fingerprint density at radius 2 is 1.39 bits per heavy atom. The SMILES string of the molecule is O=C(O)C(=O)/C(=C\c1ccc(Br)c(Br)c1)c1ccc(Br)c(Br)c1. The summed E-state index contributed by atoms with van der Waals surface area (Å²) in [6, 6.07) is 10.5. The average Bonchev–Trinajstić information content (AvgIpc) is 2.50. The third kappa shape index (κ3) is 4.62. The van der Waals surface area contributed by atoms with Gasteiger partial charge in [0.15, 0.2) is 0 Å². The van der Waals surface area contributed by atoms with E-state index in [1.807, 2.05) is 6.07 Å². The van der Waals surface area contributed by atoms with Gasteiger partial charge in [-0.25, -0.2) is 4.79 Å². The number of benzene rings is 2. The van der Waals surface area contributed by atoms with Crippen molar-refractivity contribution in [3.63, 3.8) is 0 Å². The molecule has 0 saturated carbocycles. The van der Waals surface area contributed by atoms with Crippen LogP contribution in [0.2, 0.25) is 0 Å². The van der Waals surface area contributed by atoms with Gasteiger partial charge in [0.1, 0.15) is 0 Å². The van der Waals surface area contributed by atoms with Crippen molar-refractivity contribution in [3.8, 4) is 0 Å². The van der Waals surface area contributed by atoms with E-state index in [-0.39, 0.29) is 5.57 Å². The molecule has 2 aromatic carbocycles. The maximum absolute atomic E-state index is 12.1. The lowest BCUT2D eigenvalue weighted by Crippen LogP contribution is -2.14. The van der Waals surface area contributed by atoms with Crippen molar-refractivity contribution in [1.29, 1.82) is 0 Å². The summed E-state index contributed by atoms with van der Waals surface area (Å²) in [5.41, 5.74) is 1.34. The molecule has 0 spiro atoms. The highest BCUT2D eigenvalue weighted by Gasteiger charge is 2.20. The Morgan fingerprint density at radius 3 is 1.91 bits per heavy atom. The molecule has 2 aromatic rings. The molecular weight excluding hydrogens is 560 g/mol. The zero-order valence-electron chi connectivity index (χ0n) is 11.3. The quantitative estimate of drug-likeness (QED) is 0.283. The fourth-order valence-electron chi connectivity index (χ4n) is 1.83. The average molecular weight is 568 g/mol. The van der Waals surface area contributed by atoms with Crippen LogP contribution in [0, 0.1) is 0 Å². The summed E-state index contributed by atoms with van der Waals surface area (Å²) < 4.78 is 3.23. The molecule has 0 radical (unpaired) electrons. The molecule has 0 heterocycles. The normalized spacial score (nSPS) is 11.4. The molecule has 0 aliphatic heterocycles. The lowest BCUT2D eigenvalue weighted by atomic mass is 9.99. The number of Topliss-reactive ketones (excluding diaryl/α,β-unsaturated/α-hetero) is 1. The minimum atomic E-state index is -1.49. The zero-order chi connectivity index (χ0) is 17.1. The number of carboxylic acids is 1. The molecule has 118 valence electrons. The molecular formula is C16H8Br4O3. The topological polar surface area (TPSA) is 54.4 Å². The van der Waals surface area contributed by atoms with Gasteiger partial charge in [-0.2, -0.15) is 0 Å². The van der Waals surface area contributed by atoms with E-state index < -0.39 is 11.8 Å². The number of hydrogen-bond donors (Lipinski definition) is 1. The largest absolute Gasteiger partial charge is 0.475 e. The first-order chi connectivity index (χ1) is 10.8. The third-order valence-electron chi connectivity index (χ3n) is 2.92. The summed E-state index contributed by atoms with van der Waals surface area (Å²) >= 11 is 13.5. The fraction of sp³-hybridized carbons (Fsp3) is 0. The van der Waals surface area contributed by atoms with E-state index in [1.54, 1.807) is 36.4 Å². The molecule has 3 nitrogen and oxygen atoms in total. The Hall–Kier alpha value is -0.760. The molecule has 23 heavy (non-hydrogen) atoms. The standard InChI is InChI=1S/C16H8Br4O3/c17-11-3-1-8(6-13(11)19)5-10(15(21)16(22)23)9-2-4-12(18)14(20)7-9/h1-7H,(H,22,23)/b10-5-. The van der Waals surface area contributed by atoms with Crippen LogP contribution in [0.3, 0.4) is 0 Å². The van der Waals surface area contributed by atoms with Gasteiger partial charge in [0, 0.05) is 23.5 Å². The van der Waals surface area contributed by atoms with Crippen LogP contribution < -0.4 is 0 Å². The number of carbonyl (C=O) groups is 2. The van der Waals surface area contributed by atoms with E-state index >= 15 is 0 Å². The number of halogens is 4. The number of carbonyl (C=O) groups excluding carboxylic acids is 1. The minimum Gasteiger partial charge on any atom is -0.475 e. The molecule has 0 aliphatic rings. The van der Waals surface area contributed by atoms with E-state index in [0.29, 0.717) is 11.1 Å². The highest BCUT2D eigenvalue weighted by molar-refractivity contribution is 9.13. The van der Waals surface area contributed by atoms with Crippen LogP contribution in [0.4, 0.5) is 0 Å². The molecule has 0 aromatic heterocycles. The van der Waals surface area contributed by atoms with Crippen LogP contribution in [-0.4, -0.2) is 16.9 Å². The van der Waals surface area contributed by atoms with Gasteiger partial charge in [0.25, 0.3) is 5.78 Å². The molecule has 2 rings (SSSR count). The molecule has 7 heteroatoms. The van der Waals surface area contributed by atoms with Crippen molar-refractivity contribution >= 4 is 87.1 Å². The Kier molecular flexibility index (Phi) is 6.36. The fourth-order valence-corrected chi connectivity index (χ4v) is 3.10. The summed E-state index contributed by atoms with van der Waals surface area (Å²) in [6.45, 7) is 0. The first-order valence-electron chi connectivity index (χ1n) is 6.19. The van der Waals surface area contributed by atoms with Crippen LogP contribution in [0.25, 0.3) is 11.6 Å². The Labute approximate surface area is 166 Å². The zero-order valence-corrected chi connectivity index (χ0v) is 17.7. The summed E-state index contributed by atoms with van der Waals surface area (Å²) in [6.07, 6.45) is 1.56. The highest BCUT2D eigenvalue weighted by atomic mass is 79.9. The number of aliphatic carboxylic acids is 1. The number of rotatable bonds is 4. The van der Waals surface area contributed by atoms with E-state index in [4.69, 9.17) is 5.11 Å². The first kappa shape index (κ1) is 18.6. The summed E-state index contributed by atoms with van der Waals surface area (Å²) in [7, 11) is 0. The van der Waals surface area contributed by atoms with E-state index in [9.17, 15) is 9.59 Å². The van der Waals surface area contributed by atoms with Crippen LogP contribution in [0.15, 0.2) is 54.3 Å². The van der Waals surface area contributed by atoms with Gasteiger partial charge >= 0.3 is 5.97 Å². The summed E-state index contributed by atoms with van der Waals surface area (Å²) in [5, 5.41) is 9.09. The molecule has 0 amide bonds. The number of carboxylic acid groups (broad SMARTS) is 1. The van der Waals surface area contributed by atoms with Crippen molar-refractivity contribution in [3.05, 3.63) is 65.4 Å². The molecule has 0 fully saturated rings. The predicted octanol–water partition coefficient (Wildman–Crippen LogP) is 5.93. The van der Waals surface area contributed by atoms with Crippen molar-refractivity contribution < 1.29 is 14.7 Å². The van der Waals surface area contributed by atoms with Gasteiger partial charge in [-0.15, -0.1) is 0 Å². The maximum atomic E-state index is 12.1. The molecule has 0 bridgehead atoms. The number of ketones is 1. The summed E-state index contributed by atoms with van der Waals surface area (Å²) in [4.78, 5) is 23.2. The predicted molar refractivity (Wildman–Crippen MR) is 104 cm³/mol. The summed E-state index contributed by atoms with van der Waals surface area (Å²) in [5.74, 6) is -2.45. The Balaban J connectivity index is 2.59. The molecule has 0 unspecified atom stereocenters. The molecule has 0 atom stereocenters. The van der Waals surface area contributed by atoms with E-state index in [2.05, 4.69) is 63.7 Å². The maximum Gasteiger partial charge on any atom is 0.377 e. The second kappa shape index (κ2) is 7.88. The Morgan fingerprint density at radius 1 is 0.826 bits per heavy atom. The molecule has 0 aliphatic carbocycles.